The first-order valence-electron chi connectivity index (χ1n) is 6.94. The monoisotopic (exact) mass is 281 g/mol. The summed E-state index contributed by atoms with van der Waals surface area (Å²) in [6.07, 6.45) is 0.933. The summed E-state index contributed by atoms with van der Waals surface area (Å²) in [5.41, 5.74) is 0. The highest BCUT2D eigenvalue weighted by Gasteiger charge is 2.07. The molecule has 0 aromatic heterocycles. The molecule has 4 nitrogen and oxygen atoms in total. The molecule has 0 saturated heterocycles. The van der Waals surface area contributed by atoms with Gasteiger partial charge in [-0.2, -0.15) is 0 Å². The molecule has 0 radical (unpaired) electrons. The Kier molecular flexibility index (Phi) is 6.84. The summed E-state index contributed by atoms with van der Waals surface area (Å²) in [6.45, 7) is 6.72. The van der Waals surface area contributed by atoms with E-state index in [9.17, 15) is 4.39 Å². The minimum Gasteiger partial charge on any atom is -0.489 e. The van der Waals surface area contributed by atoms with Crippen molar-refractivity contribution in [3.8, 4) is 5.75 Å². The van der Waals surface area contributed by atoms with Gasteiger partial charge < -0.3 is 15.4 Å². The Morgan fingerprint density at radius 3 is 2.75 bits per heavy atom. The first-order valence-corrected chi connectivity index (χ1v) is 6.94. The van der Waals surface area contributed by atoms with E-state index in [1.807, 2.05) is 6.92 Å². The number of aliphatic imine (C=N–C) groups is 1. The minimum atomic E-state index is -0.295. The maximum atomic E-state index is 13.0. The fourth-order valence-electron chi connectivity index (χ4n) is 1.58. The van der Waals surface area contributed by atoms with Crippen molar-refractivity contribution in [2.24, 2.45) is 4.99 Å². The molecule has 5 heteroatoms. The van der Waals surface area contributed by atoms with Gasteiger partial charge in [0.25, 0.3) is 0 Å². The van der Waals surface area contributed by atoms with Gasteiger partial charge in [-0.05, 0) is 32.4 Å². The molecule has 0 bridgehead atoms. The average Bonchev–Trinajstić information content (AvgIpc) is 2.43. The normalized spacial score (nSPS) is 14.6. The van der Waals surface area contributed by atoms with Crippen molar-refractivity contribution in [3.05, 3.63) is 30.1 Å². The standard InChI is InChI=1S/C15H24FN3O/c1-5-11(2)19-15(17-4)18-10-12(3)20-14-8-6-7-13(16)9-14/h6-9,11-12H,5,10H2,1-4H3,(H2,17,18,19). The van der Waals surface area contributed by atoms with Crippen LogP contribution in [0.15, 0.2) is 29.3 Å². The molecule has 0 fully saturated rings. The number of rotatable bonds is 6. The molecule has 2 atom stereocenters. The molecule has 112 valence electrons. The predicted molar refractivity (Wildman–Crippen MR) is 80.7 cm³/mol. The van der Waals surface area contributed by atoms with Gasteiger partial charge in [-0.3, -0.25) is 4.99 Å². The van der Waals surface area contributed by atoms with Gasteiger partial charge in [0, 0.05) is 19.2 Å². The van der Waals surface area contributed by atoms with Crippen molar-refractivity contribution < 1.29 is 9.13 Å². The van der Waals surface area contributed by atoms with Crippen molar-refractivity contribution in [1.82, 2.24) is 10.6 Å². The van der Waals surface area contributed by atoms with Gasteiger partial charge in [-0.25, -0.2) is 4.39 Å². The van der Waals surface area contributed by atoms with Crippen LogP contribution in [0.4, 0.5) is 4.39 Å². The summed E-state index contributed by atoms with van der Waals surface area (Å²) in [5, 5.41) is 6.46. The second-order valence-corrected chi connectivity index (χ2v) is 4.79. The van der Waals surface area contributed by atoms with Gasteiger partial charge >= 0.3 is 0 Å². The summed E-state index contributed by atoms with van der Waals surface area (Å²) >= 11 is 0. The van der Waals surface area contributed by atoms with Crippen LogP contribution in [0.25, 0.3) is 0 Å². The van der Waals surface area contributed by atoms with Crippen LogP contribution in [0.1, 0.15) is 27.2 Å². The Labute approximate surface area is 120 Å². The highest BCUT2D eigenvalue weighted by Crippen LogP contribution is 2.13. The van der Waals surface area contributed by atoms with E-state index < -0.39 is 0 Å². The van der Waals surface area contributed by atoms with Gasteiger partial charge in [0.1, 0.15) is 17.7 Å². The van der Waals surface area contributed by atoms with Gasteiger partial charge in [-0.1, -0.05) is 13.0 Å². The molecule has 0 amide bonds. The topological polar surface area (TPSA) is 45.7 Å². The molecular formula is C15H24FN3O. The maximum absolute atomic E-state index is 13.0. The molecule has 2 N–H and O–H groups in total. The molecule has 1 rings (SSSR count). The number of hydrogen-bond acceptors (Lipinski definition) is 2. The maximum Gasteiger partial charge on any atom is 0.191 e. The van der Waals surface area contributed by atoms with Crippen LogP contribution in [0.2, 0.25) is 0 Å². The zero-order valence-electron chi connectivity index (χ0n) is 12.6. The molecule has 20 heavy (non-hydrogen) atoms. The van der Waals surface area contributed by atoms with Crippen LogP contribution in [0, 0.1) is 5.82 Å². The van der Waals surface area contributed by atoms with E-state index in [1.165, 1.54) is 12.1 Å². The van der Waals surface area contributed by atoms with Crippen molar-refractivity contribution in [3.63, 3.8) is 0 Å². The van der Waals surface area contributed by atoms with E-state index in [2.05, 4.69) is 29.5 Å². The Bertz CT molecular complexity index is 437. The number of hydrogen-bond donors (Lipinski definition) is 2. The fraction of sp³-hybridized carbons (Fsp3) is 0.533. The van der Waals surface area contributed by atoms with E-state index in [1.54, 1.807) is 19.2 Å². The predicted octanol–water partition coefficient (Wildman–Crippen LogP) is 2.56. The number of nitrogens with zero attached hydrogens (tertiary/aromatic N) is 1. The minimum absolute atomic E-state index is 0.0905. The molecule has 1 aromatic carbocycles. The van der Waals surface area contributed by atoms with Crippen LogP contribution >= 0.6 is 0 Å². The van der Waals surface area contributed by atoms with E-state index in [4.69, 9.17) is 4.74 Å². The molecule has 0 aliphatic rings. The summed E-state index contributed by atoms with van der Waals surface area (Å²) in [5.74, 6) is 0.982. The highest BCUT2D eigenvalue weighted by atomic mass is 19.1. The van der Waals surface area contributed by atoms with Crippen molar-refractivity contribution in [1.29, 1.82) is 0 Å². The van der Waals surface area contributed by atoms with Crippen molar-refractivity contribution in [2.75, 3.05) is 13.6 Å². The number of halogens is 1. The Morgan fingerprint density at radius 1 is 1.40 bits per heavy atom. The second kappa shape index (κ2) is 8.40. The third-order valence-corrected chi connectivity index (χ3v) is 2.91. The lowest BCUT2D eigenvalue weighted by atomic mass is 10.3. The number of nitrogens with one attached hydrogen (secondary N) is 2. The second-order valence-electron chi connectivity index (χ2n) is 4.79. The van der Waals surface area contributed by atoms with E-state index in [0.29, 0.717) is 18.3 Å². The SMILES string of the molecule is CCC(C)NC(=NC)NCC(C)Oc1cccc(F)c1. The molecule has 0 aliphatic carbocycles. The third kappa shape index (κ3) is 5.91. The molecule has 2 unspecified atom stereocenters. The molecule has 0 aliphatic heterocycles. The summed E-state index contributed by atoms with van der Waals surface area (Å²) in [7, 11) is 1.73. The number of ether oxygens (including phenoxy) is 1. The van der Waals surface area contributed by atoms with Gasteiger partial charge in [0.15, 0.2) is 5.96 Å². The quantitative estimate of drug-likeness (QED) is 0.622. The van der Waals surface area contributed by atoms with Crippen LogP contribution < -0.4 is 15.4 Å². The van der Waals surface area contributed by atoms with Gasteiger partial charge in [0.2, 0.25) is 0 Å². The summed E-state index contributed by atoms with van der Waals surface area (Å²) in [6, 6.07) is 6.51. The van der Waals surface area contributed by atoms with Crippen LogP contribution in [0.3, 0.4) is 0 Å². The van der Waals surface area contributed by atoms with Crippen LogP contribution in [-0.4, -0.2) is 31.7 Å². The Hall–Kier alpha value is -1.78. The summed E-state index contributed by atoms with van der Waals surface area (Å²) < 4.78 is 18.7. The smallest absolute Gasteiger partial charge is 0.191 e. The fourth-order valence-corrected chi connectivity index (χ4v) is 1.58. The lowest BCUT2D eigenvalue weighted by Crippen LogP contribution is -2.45. The first kappa shape index (κ1) is 16.3. The highest BCUT2D eigenvalue weighted by molar-refractivity contribution is 5.79. The Balaban J connectivity index is 2.40. The lowest BCUT2D eigenvalue weighted by molar-refractivity contribution is 0.223. The third-order valence-electron chi connectivity index (χ3n) is 2.91. The zero-order valence-corrected chi connectivity index (χ0v) is 12.6. The van der Waals surface area contributed by atoms with Crippen molar-refractivity contribution in [2.45, 2.75) is 39.3 Å². The number of benzene rings is 1. The van der Waals surface area contributed by atoms with Crippen LogP contribution in [0.5, 0.6) is 5.75 Å². The van der Waals surface area contributed by atoms with Gasteiger partial charge in [0.05, 0.1) is 6.54 Å². The average molecular weight is 281 g/mol. The Morgan fingerprint density at radius 2 is 2.15 bits per heavy atom. The van der Waals surface area contributed by atoms with E-state index in [-0.39, 0.29) is 11.9 Å². The molecule has 0 heterocycles. The summed E-state index contributed by atoms with van der Waals surface area (Å²) in [4.78, 5) is 4.15. The first-order chi connectivity index (χ1) is 9.55. The van der Waals surface area contributed by atoms with E-state index in [0.717, 1.165) is 12.4 Å². The van der Waals surface area contributed by atoms with Crippen LogP contribution in [-0.2, 0) is 0 Å². The number of guanidine groups is 1. The largest absolute Gasteiger partial charge is 0.489 e. The molecule has 1 aromatic rings. The molecule has 0 spiro atoms. The van der Waals surface area contributed by atoms with Gasteiger partial charge in [-0.15, -0.1) is 0 Å². The lowest BCUT2D eigenvalue weighted by Gasteiger charge is -2.19. The van der Waals surface area contributed by atoms with E-state index >= 15 is 0 Å². The zero-order chi connectivity index (χ0) is 15.0. The molecule has 0 saturated carbocycles. The van der Waals surface area contributed by atoms with Crippen molar-refractivity contribution >= 4 is 5.96 Å². The molecular weight excluding hydrogens is 257 g/mol.